The number of aliphatic hydroxyl groups is 1. The molecule has 3 aliphatic rings. The summed E-state index contributed by atoms with van der Waals surface area (Å²) in [6, 6.07) is 0. The number of hydrogen-bond acceptors (Lipinski definition) is 6. The third kappa shape index (κ3) is 4.09. The van der Waals surface area contributed by atoms with E-state index >= 15 is 0 Å². The molecule has 8 nitrogen and oxygen atoms in total. The monoisotopic (exact) mass is 364 g/mol. The van der Waals surface area contributed by atoms with E-state index in [0.29, 0.717) is 65.4 Å². The molecule has 3 rings (SSSR count). The Kier molecular flexibility index (Phi) is 6.12. The van der Waals surface area contributed by atoms with Crippen LogP contribution in [0.4, 0.5) is 0 Å². The fourth-order valence-corrected chi connectivity index (χ4v) is 5.34. The molecule has 0 aliphatic carbocycles. The maximum absolute atomic E-state index is 12.7. The average molecular weight is 364 g/mol. The van der Waals surface area contributed by atoms with Crippen molar-refractivity contribution >= 4 is 10.2 Å². The summed E-state index contributed by atoms with van der Waals surface area (Å²) >= 11 is 0. The predicted octanol–water partition coefficient (Wildman–Crippen LogP) is -0.414. The highest BCUT2D eigenvalue weighted by atomic mass is 32.2. The van der Waals surface area contributed by atoms with Gasteiger partial charge in [0, 0.05) is 39.2 Å². The second-order valence-electron chi connectivity index (χ2n) is 6.66. The van der Waals surface area contributed by atoms with E-state index in [9.17, 15) is 8.42 Å². The van der Waals surface area contributed by atoms with Gasteiger partial charge in [0.05, 0.1) is 38.1 Å². The molecule has 1 atom stereocenters. The Bertz CT molecular complexity index is 500. The van der Waals surface area contributed by atoms with Crippen LogP contribution in [0.3, 0.4) is 0 Å². The fourth-order valence-electron chi connectivity index (χ4n) is 3.76. The van der Waals surface area contributed by atoms with Gasteiger partial charge in [-0.1, -0.05) is 0 Å². The van der Waals surface area contributed by atoms with Crippen molar-refractivity contribution in [2.24, 2.45) is 0 Å². The van der Waals surface area contributed by atoms with Crippen molar-refractivity contribution in [3.63, 3.8) is 0 Å². The lowest BCUT2D eigenvalue weighted by Gasteiger charge is -2.46. The summed E-state index contributed by atoms with van der Waals surface area (Å²) in [6.45, 7) is 3.74. The van der Waals surface area contributed by atoms with E-state index in [1.807, 2.05) is 0 Å². The van der Waals surface area contributed by atoms with Crippen molar-refractivity contribution in [3.05, 3.63) is 0 Å². The maximum Gasteiger partial charge on any atom is 0.282 e. The lowest BCUT2D eigenvalue weighted by atomic mass is 9.84. The largest absolute Gasteiger partial charge is 0.394 e. The van der Waals surface area contributed by atoms with E-state index in [4.69, 9.17) is 19.3 Å². The highest BCUT2D eigenvalue weighted by Crippen LogP contribution is 2.37. The molecule has 24 heavy (non-hydrogen) atoms. The summed E-state index contributed by atoms with van der Waals surface area (Å²) in [4.78, 5) is 0. The van der Waals surface area contributed by atoms with Gasteiger partial charge < -0.3 is 19.3 Å². The molecule has 3 saturated heterocycles. The molecule has 1 unspecified atom stereocenters. The summed E-state index contributed by atoms with van der Waals surface area (Å²) in [7, 11) is -3.40. The Balaban J connectivity index is 1.56. The zero-order chi connectivity index (χ0) is 17.0. The number of piperidine rings is 1. The van der Waals surface area contributed by atoms with Crippen molar-refractivity contribution < 1.29 is 27.7 Å². The summed E-state index contributed by atoms with van der Waals surface area (Å²) in [5.74, 6) is 0. The Morgan fingerprint density at radius 2 is 1.75 bits per heavy atom. The van der Waals surface area contributed by atoms with E-state index in [0.717, 1.165) is 12.8 Å². The van der Waals surface area contributed by atoms with Gasteiger partial charge in [0.15, 0.2) is 0 Å². The zero-order valence-electron chi connectivity index (χ0n) is 14.1. The second-order valence-corrected chi connectivity index (χ2v) is 8.59. The zero-order valence-corrected chi connectivity index (χ0v) is 14.9. The van der Waals surface area contributed by atoms with Crippen LogP contribution in [0.25, 0.3) is 0 Å². The van der Waals surface area contributed by atoms with Gasteiger partial charge >= 0.3 is 0 Å². The number of morpholine rings is 1. The lowest BCUT2D eigenvalue weighted by Crippen LogP contribution is -2.55. The van der Waals surface area contributed by atoms with Crippen LogP contribution in [0.15, 0.2) is 0 Å². The summed E-state index contributed by atoms with van der Waals surface area (Å²) in [5.41, 5.74) is -0.282. The minimum Gasteiger partial charge on any atom is -0.394 e. The molecule has 0 radical (unpaired) electrons. The van der Waals surface area contributed by atoms with Crippen molar-refractivity contribution in [2.75, 3.05) is 59.2 Å². The van der Waals surface area contributed by atoms with Crippen LogP contribution in [0, 0.1) is 0 Å². The van der Waals surface area contributed by atoms with Crippen LogP contribution in [-0.4, -0.2) is 93.1 Å². The van der Waals surface area contributed by atoms with Gasteiger partial charge in [-0.25, -0.2) is 0 Å². The van der Waals surface area contributed by atoms with Crippen LogP contribution in [0.5, 0.6) is 0 Å². The van der Waals surface area contributed by atoms with Crippen LogP contribution < -0.4 is 0 Å². The van der Waals surface area contributed by atoms with Crippen LogP contribution in [0.2, 0.25) is 0 Å². The smallest absolute Gasteiger partial charge is 0.282 e. The van der Waals surface area contributed by atoms with Gasteiger partial charge in [0.25, 0.3) is 10.2 Å². The van der Waals surface area contributed by atoms with Gasteiger partial charge in [-0.3, -0.25) is 0 Å². The molecule has 140 valence electrons. The SMILES string of the molecule is O=S(=O)(N1CCOCC1)N1CCC2(CC1)CC(OCCO)CCO2. The normalized spacial score (nSPS) is 29.8. The summed E-state index contributed by atoms with van der Waals surface area (Å²) < 4.78 is 45.5. The van der Waals surface area contributed by atoms with Crippen molar-refractivity contribution in [3.8, 4) is 0 Å². The summed E-state index contributed by atoms with van der Waals surface area (Å²) in [5, 5.41) is 8.90. The van der Waals surface area contributed by atoms with Gasteiger partial charge in [-0.15, -0.1) is 0 Å². The van der Waals surface area contributed by atoms with Crippen LogP contribution >= 0.6 is 0 Å². The van der Waals surface area contributed by atoms with Gasteiger partial charge in [-0.05, 0) is 19.3 Å². The molecular formula is C15H28N2O6S. The fraction of sp³-hybridized carbons (Fsp3) is 1.00. The van der Waals surface area contributed by atoms with E-state index in [1.165, 1.54) is 4.31 Å². The first-order chi connectivity index (χ1) is 11.6. The highest BCUT2D eigenvalue weighted by Gasteiger charge is 2.44. The quantitative estimate of drug-likeness (QED) is 0.713. The molecule has 0 bridgehead atoms. The molecular weight excluding hydrogens is 336 g/mol. The average Bonchev–Trinajstić information content (AvgIpc) is 2.61. The van der Waals surface area contributed by atoms with E-state index < -0.39 is 10.2 Å². The molecule has 0 aromatic heterocycles. The molecule has 0 aromatic carbocycles. The molecule has 0 aromatic rings. The predicted molar refractivity (Wildman–Crippen MR) is 86.9 cm³/mol. The van der Waals surface area contributed by atoms with Gasteiger partial charge in [-0.2, -0.15) is 17.0 Å². The number of rotatable bonds is 5. The second kappa shape index (κ2) is 7.94. The third-order valence-corrected chi connectivity index (χ3v) is 7.18. The molecule has 3 heterocycles. The minimum absolute atomic E-state index is 0.0237. The van der Waals surface area contributed by atoms with Gasteiger partial charge in [0.2, 0.25) is 0 Å². The molecule has 1 spiro atoms. The Morgan fingerprint density at radius 3 is 2.42 bits per heavy atom. The van der Waals surface area contributed by atoms with Gasteiger partial charge in [0.1, 0.15) is 0 Å². The lowest BCUT2D eigenvalue weighted by molar-refractivity contribution is -0.152. The van der Waals surface area contributed by atoms with Crippen molar-refractivity contribution in [2.45, 2.75) is 37.4 Å². The number of hydrogen-bond donors (Lipinski definition) is 1. The molecule has 1 N–H and O–H groups in total. The molecule has 0 saturated carbocycles. The first kappa shape index (κ1) is 18.5. The molecule has 3 fully saturated rings. The summed E-state index contributed by atoms with van der Waals surface area (Å²) in [6.07, 6.45) is 3.08. The van der Waals surface area contributed by atoms with E-state index in [-0.39, 0.29) is 18.3 Å². The first-order valence-corrected chi connectivity index (χ1v) is 10.1. The highest BCUT2D eigenvalue weighted by molar-refractivity contribution is 7.86. The molecule has 0 amide bonds. The number of ether oxygens (including phenoxy) is 3. The van der Waals surface area contributed by atoms with E-state index in [2.05, 4.69) is 0 Å². The van der Waals surface area contributed by atoms with Crippen LogP contribution in [0.1, 0.15) is 25.7 Å². The van der Waals surface area contributed by atoms with E-state index in [1.54, 1.807) is 4.31 Å². The van der Waals surface area contributed by atoms with Crippen molar-refractivity contribution in [1.82, 2.24) is 8.61 Å². The third-order valence-electron chi connectivity index (χ3n) is 5.15. The topological polar surface area (TPSA) is 88.5 Å². The molecule has 9 heteroatoms. The Labute approximate surface area is 143 Å². The van der Waals surface area contributed by atoms with Crippen LogP contribution in [-0.2, 0) is 24.4 Å². The number of aliphatic hydroxyl groups excluding tert-OH is 1. The standard InChI is InChI=1S/C15H28N2O6S/c18-8-12-22-14-1-9-23-15(13-14)2-4-16(5-3-15)24(19,20)17-6-10-21-11-7-17/h14,18H,1-13H2. The Hall–Kier alpha value is -0.290. The first-order valence-electron chi connectivity index (χ1n) is 8.75. The minimum atomic E-state index is -3.40. The Morgan fingerprint density at radius 1 is 1.08 bits per heavy atom. The molecule has 3 aliphatic heterocycles. The number of nitrogens with zero attached hydrogens (tertiary/aromatic N) is 2. The van der Waals surface area contributed by atoms with Crippen molar-refractivity contribution in [1.29, 1.82) is 0 Å². The maximum atomic E-state index is 12.7.